The number of benzene rings is 6. The molecule has 0 saturated carbocycles. The summed E-state index contributed by atoms with van der Waals surface area (Å²) in [6.07, 6.45) is -0.111. The maximum Gasteiger partial charge on any atom is 0.355 e. The van der Waals surface area contributed by atoms with E-state index in [1.807, 2.05) is 146 Å². The van der Waals surface area contributed by atoms with Crippen LogP contribution in [-0.2, 0) is 44.6 Å². The maximum absolute atomic E-state index is 15.2. The largest absolute Gasteiger partial charge is 0.458 e. The number of thiazole rings is 1. The number of thioether (sulfide) groups is 1. The van der Waals surface area contributed by atoms with Crippen LogP contribution in [0.2, 0.25) is 0 Å². The molecule has 6 aromatic carbocycles. The van der Waals surface area contributed by atoms with Crippen molar-refractivity contribution in [2.45, 2.75) is 67.9 Å². The van der Waals surface area contributed by atoms with Gasteiger partial charge in [-0.1, -0.05) is 187 Å². The molecule has 2 saturated heterocycles. The molecular weight excluding hydrogens is 943 g/mol. The zero-order chi connectivity index (χ0) is 49.9. The van der Waals surface area contributed by atoms with Gasteiger partial charge in [-0.3, -0.25) is 19.3 Å². The Bertz CT molecular complexity index is 2960. The number of nitrogens with one attached hydrogen (secondary N) is 2. The molecule has 3 aliphatic heterocycles. The van der Waals surface area contributed by atoms with E-state index in [0.29, 0.717) is 17.1 Å². The summed E-state index contributed by atoms with van der Waals surface area (Å²) in [5.41, 5.74) is 2.47. The highest BCUT2D eigenvalue weighted by Gasteiger charge is 2.56. The molecule has 3 atom stereocenters. The second kappa shape index (κ2) is 20.1. The summed E-state index contributed by atoms with van der Waals surface area (Å²) in [6, 6.07) is 58.3. The number of amides is 2. The number of aromatic nitrogens is 1. The van der Waals surface area contributed by atoms with E-state index in [0.717, 1.165) is 33.4 Å². The monoisotopic (exact) mass is 993 g/mol. The van der Waals surface area contributed by atoms with Crippen molar-refractivity contribution < 1.29 is 33.5 Å². The van der Waals surface area contributed by atoms with Crippen molar-refractivity contribution in [3.05, 3.63) is 238 Å². The third-order valence-corrected chi connectivity index (χ3v) is 14.9. The quantitative estimate of drug-likeness (QED) is 0.0334. The van der Waals surface area contributed by atoms with Crippen molar-refractivity contribution in [3.63, 3.8) is 0 Å². The van der Waals surface area contributed by atoms with Gasteiger partial charge in [0.1, 0.15) is 40.1 Å². The van der Waals surface area contributed by atoms with E-state index in [1.165, 1.54) is 28.0 Å². The first-order chi connectivity index (χ1) is 35.0. The third kappa shape index (κ3) is 9.19. The van der Waals surface area contributed by atoms with Gasteiger partial charge in [0.15, 0.2) is 10.8 Å². The summed E-state index contributed by atoms with van der Waals surface area (Å²) in [4.78, 5) is 69.4. The van der Waals surface area contributed by atoms with E-state index < -0.39 is 52.0 Å². The summed E-state index contributed by atoms with van der Waals surface area (Å²) >= 11 is 2.66. The van der Waals surface area contributed by atoms with Gasteiger partial charge in [0.25, 0.3) is 11.8 Å². The Kier molecular flexibility index (Phi) is 13.4. The first-order valence-electron chi connectivity index (χ1n) is 23.7. The van der Waals surface area contributed by atoms with Gasteiger partial charge in [-0.15, -0.1) is 23.1 Å². The van der Waals surface area contributed by atoms with Crippen molar-refractivity contribution in [1.82, 2.24) is 15.2 Å². The van der Waals surface area contributed by atoms with Crippen molar-refractivity contribution in [2.24, 2.45) is 5.16 Å². The standard InChI is InChI=1S/C58H51N5O7S2/c1-56(2,3)69-54(67)50-44(46-34-35-47(64)68-46)36-71-53-49(52(66)63(50)53)60-51(65)48(62-70-58(41-28-16-7-17-29-41,42-30-18-8-19-31-42)43-32-20-9-21-33-43)45-37-72-55(59-45)61-57(38-22-10-4-11-23-38,39-24-12-5-13-25-39)40-26-14-6-15-27-40/h4-33,37,46,49,53H,34-36H2,1-3H3,(H,59,61)(H,60,65)/b62-48-/t46-,49+,53+/m0/s1. The van der Waals surface area contributed by atoms with E-state index in [2.05, 4.69) is 47.0 Å². The molecule has 10 rings (SSSR count). The molecule has 0 radical (unpaired) electrons. The van der Waals surface area contributed by atoms with Crippen LogP contribution < -0.4 is 10.6 Å². The van der Waals surface area contributed by atoms with Crippen molar-refractivity contribution in [2.75, 3.05) is 11.1 Å². The van der Waals surface area contributed by atoms with Crippen LogP contribution in [0.3, 0.4) is 0 Å². The Labute approximate surface area is 426 Å². The lowest BCUT2D eigenvalue weighted by molar-refractivity contribution is -0.159. The van der Waals surface area contributed by atoms with E-state index in [-0.39, 0.29) is 35.2 Å². The van der Waals surface area contributed by atoms with Gasteiger partial charge in [0, 0.05) is 39.8 Å². The molecule has 3 aliphatic rings. The lowest BCUT2D eigenvalue weighted by atomic mass is 9.77. The highest BCUT2D eigenvalue weighted by atomic mass is 32.2. The van der Waals surface area contributed by atoms with Crippen LogP contribution in [-0.4, -0.2) is 68.2 Å². The topological polar surface area (TPSA) is 149 Å². The molecule has 12 nitrogen and oxygen atoms in total. The molecule has 72 heavy (non-hydrogen) atoms. The summed E-state index contributed by atoms with van der Waals surface area (Å²) in [6.45, 7) is 5.23. The fraction of sp³-hybridized carbons (Fsp3) is 0.207. The zero-order valence-corrected chi connectivity index (χ0v) is 41.4. The highest BCUT2D eigenvalue weighted by molar-refractivity contribution is 8.00. The highest BCUT2D eigenvalue weighted by Crippen LogP contribution is 2.45. The van der Waals surface area contributed by atoms with Gasteiger partial charge in [0.2, 0.25) is 5.60 Å². The Morgan fingerprint density at radius 1 is 0.694 bits per heavy atom. The first-order valence-corrected chi connectivity index (χ1v) is 25.6. The number of fused-ring (bicyclic) bond motifs is 1. The summed E-state index contributed by atoms with van der Waals surface area (Å²) in [7, 11) is 0. The number of carbonyl (C=O) groups excluding carboxylic acids is 4. The average Bonchev–Trinajstić information content (AvgIpc) is 4.07. The van der Waals surface area contributed by atoms with Gasteiger partial charge in [-0.25, -0.2) is 9.78 Å². The molecule has 0 spiro atoms. The van der Waals surface area contributed by atoms with Gasteiger partial charge in [0.05, 0.1) is 0 Å². The summed E-state index contributed by atoms with van der Waals surface area (Å²) in [5, 5.41) is 13.1. The molecule has 7 aromatic rings. The lowest BCUT2D eigenvalue weighted by Crippen LogP contribution is -2.71. The normalized spacial score (nSPS) is 18.1. The minimum absolute atomic E-state index is 0.0356. The fourth-order valence-corrected chi connectivity index (χ4v) is 11.7. The maximum atomic E-state index is 15.2. The van der Waals surface area contributed by atoms with Crippen LogP contribution in [0.4, 0.5) is 5.13 Å². The van der Waals surface area contributed by atoms with Crippen LogP contribution in [0, 0.1) is 0 Å². The van der Waals surface area contributed by atoms with E-state index in [9.17, 15) is 14.4 Å². The van der Waals surface area contributed by atoms with Gasteiger partial charge in [-0.05, 0) is 43.9 Å². The Morgan fingerprint density at radius 2 is 1.17 bits per heavy atom. The number of ether oxygens (including phenoxy) is 2. The second-order valence-electron chi connectivity index (χ2n) is 18.6. The molecular formula is C58H51N5O7S2. The molecule has 1 aromatic heterocycles. The number of cyclic esters (lactones) is 1. The van der Waals surface area contributed by atoms with Crippen molar-refractivity contribution >= 4 is 57.7 Å². The minimum Gasteiger partial charge on any atom is -0.458 e. The lowest BCUT2D eigenvalue weighted by Gasteiger charge is -2.50. The molecule has 2 fully saturated rings. The molecule has 4 heterocycles. The minimum atomic E-state index is -1.37. The van der Waals surface area contributed by atoms with Crippen LogP contribution in [0.1, 0.15) is 72.7 Å². The number of hydrogen-bond donors (Lipinski definition) is 2. The number of anilines is 1. The number of oxime groups is 1. The van der Waals surface area contributed by atoms with Crippen molar-refractivity contribution in [3.8, 4) is 0 Å². The molecule has 0 unspecified atom stereocenters. The predicted octanol–water partition coefficient (Wildman–Crippen LogP) is 9.96. The van der Waals surface area contributed by atoms with Crippen LogP contribution in [0.5, 0.6) is 0 Å². The van der Waals surface area contributed by atoms with Gasteiger partial charge >= 0.3 is 11.9 Å². The Hall–Kier alpha value is -7.81. The van der Waals surface area contributed by atoms with Crippen molar-refractivity contribution in [1.29, 1.82) is 0 Å². The molecule has 362 valence electrons. The number of rotatable bonds is 15. The number of esters is 2. The number of carbonyl (C=O) groups is 4. The smallest absolute Gasteiger partial charge is 0.355 e. The summed E-state index contributed by atoms with van der Waals surface area (Å²) in [5.74, 6) is -2.09. The van der Waals surface area contributed by atoms with Gasteiger partial charge in [-0.2, -0.15) is 0 Å². The number of hydrogen-bond acceptors (Lipinski definition) is 12. The second-order valence-corrected chi connectivity index (χ2v) is 20.5. The van der Waals surface area contributed by atoms with Crippen LogP contribution in [0.25, 0.3) is 0 Å². The number of nitrogens with zero attached hydrogens (tertiary/aromatic N) is 3. The summed E-state index contributed by atoms with van der Waals surface area (Å²) < 4.78 is 11.4. The van der Waals surface area contributed by atoms with E-state index in [1.54, 1.807) is 26.2 Å². The molecule has 14 heteroatoms. The first kappa shape index (κ1) is 47.8. The predicted molar refractivity (Wildman–Crippen MR) is 279 cm³/mol. The van der Waals surface area contributed by atoms with Gasteiger partial charge < -0.3 is 24.9 Å². The average molecular weight is 994 g/mol. The SMILES string of the molecule is CC(C)(C)OC(=O)C1=C([C@@H]2CCC(=O)O2)CS[C@@H]2[C@H](NC(=O)/C(=N\OC(c3ccccc3)(c3ccccc3)c3ccccc3)c3csc(NC(c4ccccc4)(c4ccccc4)c4ccccc4)n3)C(=O)N12. The van der Waals surface area contributed by atoms with Crippen LogP contribution in [0.15, 0.2) is 204 Å². The van der Waals surface area contributed by atoms with E-state index >= 15 is 4.79 Å². The molecule has 0 bridgehead atoms. The van der Waals surface area contributed by atoms with Crippen LogP contribution >= 0.6 is 23.1 Å². The molecule has 0 aliphatic carbocycles. The molecule has 2 amide bonds. The third-order valence-electron chi connectivity index (χ3n) is 12.8. The fourth-order valence-electron chi connectivity index (χ4n) is 9.56. The zero-order valence-electron chi connectivity index (χ0n) is 39.8. The Balaban J connectivity index is 1.07. The molecule has 2 N–H and O–H groups in total. The number of β-lactam (4-membered cyclic amide) rings is 1. The Morgan fingerprint density at radius 3 is 1.61 bits per heavy atom. The van der Waals surface area contributed by atoms with E-state index in [4.69, 9.17) is 24.5 Å².